The molecule has 0 bridgehead atoms. The Morgan fingerprint density at radius 2 is 1.34 bits per heavy atom. The molecule has 0 fully saturated rings. The largest absolute Gasteiger partial charge is 0.466 e. The first-order valence-corrected chi connectivity index (χ1v) is 13.4. The van der Waals surface area contributed by atoms with Gasteiger partial charge in [-0.1, -0.05) is 45.4 Å². The molecule has 0 heterocycles. The Morgan fingerprint density at radius 1 is 0.771 bits per heavy atom. The van der Waals surface area contributed by atoms with Crippen LogP contribution in [0.3, 0.4) is 0 Å². The molecule has 2 atom stereocenters. The van der Waals surface area contributed by atoms with Crippen LogP contribution in [0.4, 0.5) is 0 Å². The maximum absolute atomic E-state index is 13.2. The second-order valence-electron chi connectivity index (χ2n) is 10.5. The molecular weight excluding hydrogens is 448 g/mol. The van der Waals surface area contributed by atoms with Crippen molar-refractivity contribution in [3.8, 4) is 0 Å². The van der Waals surface area contributed by atoms with E-state index in [0.717, 1.165) is 57.8 Å². The van der Waals surface area contributed by atoms with Gasteiger partial charge in [0, 0.05) is 13.3 Å². The summed E-state index contributed by atoms with van der Waals surface area (Å²) < 4.78 is 16.0. The second-order valence-corrected chi connectivity index (χ2v) is 10.5. The van der Waals surface area contributed by atoms with Crippen LogP contribution in [0.2, 0.25) is 0 Å². The van der Waals surface area contributed by atoms with Gasteiger partial charge in [-0.2, -0.15) is 0 Å². The van der Waals surface area contributed by atoms with Gasteiger partial charge in [-0.05, 0) is 73.1 Å². The van der Waals surface area contributed by atoms with Crippen molar-refractivity contribution in [2.45, 2.75) is 144 Å². The van der Waals surface area contributed by atoms with E-state index in [1.54, 1.807) is 6.92 Å². The number of hydrogen-bond donors (Lipinski definition) is 0. The molecule has 35 heavy (non-hydrogen) atoms. The molecule has 0 aromatic carbocycles. The first-order valence-electron chi connectivity index (χ1n) is 13.4. The Hall–Kier alpha value is -1.92. The third-order valence-electron chi connectivity index (χ3n) is 6.08. The van der Waals surface area contributed by atoms with Gasteiger partial charge < -0.3 is 14.2 Å². The van der Waals surface area contributed by atoms with E-state index in [1.165, 1.54) is 13.8 Å². The fourth-order valence-electron chi connectivity index (χ4n) is 4.28. The quantitative estimate of drug-likeness (QED) is 0.0869. The fourth-order valence-corrected chi connectivity index (χ4v) is 4.28. The van der Waals surface area contributed by atoms with Gasteiger partial charge in [0.2, 0.25) is 0 Å². The van der Waals surface area contributed by atoms with Crippen molar-refractivity contribution < 1.29 is 33.4 Å². The molecule has 0 aliphatic heterocycles. The van der Waals surface area contributed by atoms with Crippen LogP contribution >= 0.6 is 0 Å². The number of Topliss-reactive ketones (excluding diaryl/α,β-unsaturated/α-hetero) is 1. The van der Waals surface area contributed by atoms with Crippen LogP contribution in [0.25, 0.3) is 0 Å². The molecule has 0 N–H and O–H groups in total. The van der Waals surface area contributed by atoms with E-state index < -0.39 is 17.0 Å². The number of carbonyl (C=O) groups excluding carboxylic acids is 4. The molecule has 0 aromatic rings. The molecule has 204 valence electrons. The molecule has 0 saturated carbocycles. The molecule has 0 amide bonds. The molecule has 0 rings (SSSR count). The topological polar surface area (TPSA) is 96.0 Å². The molecule has 0 radical (unpaired) electrons. The Balaban J connectivity index is 4.98. The summed E-state index contributed by atoms with van der Waals surface area (Å²) in [6, 6.07) is 0. The summed E-state index contributed by atoms with van der Waals surface area (Å²) in [4.78, 5) is 48.9. The van der Waals surface area contributed by atoms with Gasteiger partial charge in [0.1, 0.15) is 22.9 Å². The summed E-state index contributed by atoms with van der Waals surface area (Å²) >= 11 is 0. The highest BCUT2D eigenvalue weighted by Gasteiger charge is 2.45. The molecule has 0 aliphatic rings. The maximum Gasteiger partial charge on any atom is 0.320 e. The number of ether oxygens (including phenoxy) is 3. The maximum atomic E-state index is 13.2. The van der Waals surface area contributed by atoms with Crippen molar-refractivity contribution in [2.24, 2.45) is 5.41 Å². The Labute approximate surface area is 213 Å². The van der Waals surface area contributed by atoms with Gasteiger partial charge in [0.25, 0.3) is 0 Å². The summed E-state index contributed by atoms with van der Waals surface area (Å²) in [6.45, 7) is 12.6. The van der Waals surface area contributed by atoms with Gasteiger partial charge >= 0.3 is 17.9 Å². The summed E-state index contributed by atoms with van der Waals surface area (Å²) in [5, 5.41) is 0. The lowest BCUT2D eigenvalue weighted by atomic mass is 9.74. The van der Waals surface area contributed by atoms with E-state index in [-0.39, 0.29) is 23.8 Å². The smallest absolute Gasteiger partial charge is 0.320 e. The van der Waals surface area contributed by atoms with Crippen molar-refractivity contribution >= 4 is 23.7 Å². The number of esters is 3. The molecule has 2 unspecified atom stereocenters. The summed E-state index contributed by atoms with van der Waals surface area (Å²) in [5.74, 6) is -1.03. The third-order valence-corrected chi connectivity index (χ3v) is 6.08. The van der Waals surface area contributed by atoms with Crippen LogP contribution in [-0.4, -0.2) is 42.0 Å². The van der Waals surface area contributed by atoms with Crippen LogP contribution < -0.4 is 0 Å². The number of unbranched alkanes of at least 4 members (excludes halogenated alkanes) is 5. The van der Waals surface area contributed by atoms with Crippen LogP contribution in [0, 0.1) is 5.41 Å². The summed E-state index contributed by atoms with van der Waals surface area (Å²) in [6.07, 6.45) is 9.35. The Morgan fingerprint density at radius 3 is 1.83 bits per heavy atom. The number of hydrogen-bond acceptors (Lipinski definition) is 7. The second kappa shape index (κ2) is 17.5. The lowest BCUT2D eigenvalue weighted by Crippen LogP contribution is -2.42. The highest BCUT2D eigenvalue weighted by Crippen LogP contribution is 2.36. The van der Waals surface area contributed by atoms with Gasteiger partial charge in [-0.25, -0.2) is 0 Å². The molecule has 0 saturated heterocycles. The lowest BCUT2D eigenvalue weighted by molar-refractivity contribution is -0.171. The van der Waals surface area contributed by atoms with E-state index >= 15 is 0 Å². The van der Waals surface area contributed by atoms with Gasteiger partial charge in [-0.15, -0.1) is 0 Å². The van der Waals surface area contributed by atoms with Crippen molar-refractivity contribution in [2.75, 3.05) is 6.61 Å². The SMILES string of the molecule is CCCC(CCCCCC(CCCCCCC(=O)OCC)(C(C)=O)C(=O)OC(C)(C)C)OC(C)=O. The van der Waals surface area contributed by atoms with Crippen LogP contribution in [0.15, 0.2) is 0 Å². The highest BCUT2D eigenvalue weighted by molar-refractivity contribution is 6.02. The van der Waals surface area contributed by atoms with Gasteiger partial charge in [0.05, 0.1) is 6.61 Å². The minimum atomic E-state index is -1.15. The van der Waals surface area contributed by atoms with Crippen molar-refractivity contribution in [1.82, 2.24) is 0 Å². The van der Waals surface area contributed by atoms with E-state index in [0.29, 0.717) is 32.3 Å². The third kappa shape index (κ3) is 14.9. The molecular formula is C28H50O7. The standard InChI is InChI=1S/C28H50O7/c1-8-17-24(34-23(4)30)18-13-12-16-21-28(22(3)29,26(32)35-27(5,6)7)20-15-11-10-14-19-25(31)33-9-2/h24H,8-21H2,1-7H3. The fraction of sp³-hybridized carbons (Fsp3) is 0.857. The first kappa shape index (κ1) is 33.1. The van der Waals surface area contributed by atoms with Crippen LogP contribution in [-0.2, 0) is 33.4 Å². The van der Waals surface area contributed by atoms with Crippen molar-refractivity contribution in [3.05, 3.63) is 0 Å². The average Bonchev–Trinajstić information content (AvgIpc) is 2.72. The van der Waals surface area contributed by atoms with E-state index in [1.807, 2.05) is 20.8 Å². The van der Waals surface area contributed by atoms with Crippen LogP contribution in [0.5, 0.6) is 0 Å². The highest BCUT2D eigenvalue weighted by atomic mass is 16.6. The average molecular weight is 499 g/mol. The zero-order valence-corrected chi connectivity index (χ0v) is 23.3. The predicted molar refractivity (Wildman–Crippen MR) is 137 cm³/mol. The normalized spacial score (nSPS) is 14.0. The minimum absolute atomic E-state index is 0.0736. The zero-order valence-electron chi connectivity index (χ0n) is 23.3. The number of carbonyl (C=O) groups is 4. The minimum Gasteiger partial charge on any atom is -0.466 e. The number of rotatable bonds is 19. The van der Waals surface area contributed by atoms with Crippen LogP contribution in [0.1, 0.15) is 132 Å². The van der Waals surface area contributed by atoms with E-state index in [2.05, 4.69) is 6.92 Å². The van der Waals surface area contributed by atoms with E-state index in [9.17, 15) is 19.2 Å². The molecule has 0 aliphatic carbocycles. The summed E-state index contributed by atoms with van der Waals surface area (Å²) in [5.41, 5.74) is -1.82. The molecule has 0 spiro atoms. The Kier molecular flexibility index (Phi) is 16.5. The van der Waals surface area contributed by atoms with Gasteiger partial charge in [0.15, 0.2) is 0 Å². The van der Waals surface area contributed by atoms with Gasteiger partial charge in [-0.3, -0.25) is 19.2 Å². The van der Waals surface area contributed by atoms with Crippen molar-refractivity contribution in [3.63, 3.8) is 0 Å². The first-order chi connectivity index (χ1) is 16.4. The lowest BCUT2D eigenvalue weighted by Gasteiger charge is -2.33. The van der Waals surface area contributed by atoms with E-state index in [4.69, 9.17) is 14.2 Å². The predicted octanol–water partition coefficient (Wildman–Crippen LogP) is 6.49. The number of ketones is 1. The molecule has 0 aromatic heterocycles. The summed E-state index contributed by atoms with van der Waals surface area (Å²) in [7, 11) is 0. The molecule has 7 heteroatoms. The van der Waals surface area contributed by atoms with Crippen molar-refractivity contribution in [1.29, 1.82) is 0 Å². The monoisotopic (exact) mass is 498 g/mol. The zero-order chi connectivity index (χ0) is 26.9. The molecule has 7 nitrogen and oxygen atoms in total. The Bertz CT molecular complexity index is 650.